The minimum absolute atomic E-state index is 0.147. The Hall–Kier alpha value is -2.66. The maximum atomic E-state index is 11.9. The number of para-hydroxylation sites is 2. The molecule has 106 valence electrons. The van der Waals surface area contributed by atoms with Crippen molar-refractivity contribution in [1.82, 2.24) is 4.98 Å². The minimum Gasteiger partial charge on any atom is -0.436 e. The second-order valence-corrected chi connectivity index (χ2v) is 4.94. The van der Waals surface area contributed by atoms with Gasteiger partial charge in [-0.1, -0.05) is 18.2 Å². The molecule has 0 aliphatic rings. The first kappa shape index (κ1) is 13.3. The van der Waals surface area contributed by atoms with Gasteiger partial charge in [0.25, 0.3) is 0 Å². The first-order valence-corrected chi connectivity index (χ1v) is 6.61. The third kappa shape index (κ3) is 2.39. The van der Waals surface area contributed by atoms with Crippen molar-refractivity contribution in [2.75, 3.05) is 5.73 Å². The lowest BCUT2D eigenvalue weighted by molar-refractivity contribution is 0.0968. The quantitative estimate of drug-likeness (QED) is 0.568. The molecule has 0 saturated heterocycles. The molecule has 0 amide bonds. The molecule has 5 heteroatoms. The molecule has 0 spiro atoms. The van der Waals surface area contributed by atoms with E-state index in [-0.39, 0.29) is 5.78 Å². The Kier molecular flexibility index (Phi) is 3.19. The highest BCUT2D eigenvalue weighted by Crippen LogP contribution is 2.29. The molecule has 0 fully saturated rings. The Morgan fingerprint density at radius 3 is 2.67 bits per heavy atom. The molecule has 1 aromatic heterocycles. The van der Waals surface area contributed by atoms with Crippen LogP contribution >= 0.6 is 0 Å². The van der Waals surface area contributed by atoms with Crippen LogP contribution in [0.1, 0.15) is 17.3 Å². The van der Waals surface area contributed by atoms with E-state index in [1.807, 2.05) is 24.3 Å². The Balaban J connectivity index is 2.05. The Morgan fingerprint density at radius 2 is 2.00 bits per heavy atom. The lowest BCUT2D eigenvalue weighted by Crippen LogP contribution is -2.26. The van der Waals surface area contributed by atoms with Crippen LogP contribution in [-0.4, -0.2) is 16.8 Å². The molecule has 0 aliphatic carbocycles. The van der Waals surface area contributed by atoms with Crippen LogP contribution in [0.3, 0.4) is 0 Å². The molecule has 3 rings (SSSR count). The highest BCUT2D eigenvalue weighted by molar-refractivity contribution is 6.01. The van der Waals surface area contributed by atoms with Gasteiger partial charge in [0.15, 0.2) is 11.4 Å². The number of benzene rings is 2. The molecule has 5 nitrogen and oxygen atoms in total. The highest BCUT2D eigenvalue weighted by Gasteiger charge is 2.15. The van der Waals surface area contributed by atoms with Crippen LogP contribution in [0.2, 0.25) is 0 Å². The average molecular weight is 281 g/mol. The predicted octanol–water partition coefficient (Wildman–Crippen LogP) is 2.61. The van der Waals surface area contributed by atoms with Gasteiger partial charge in [-0.05, 0) is 31.2 Å². The number of nitrogens with two attached hydrogens (primary N) is 2. The number of aromatic nitrogens is 1. The maximum Gasteiger partial charge on any atom is 0.229 e. The fourth-order valence-electron chi connectivity index (χ4n) is 2.16. The van der Waals surface area contributed by atoms with Crippen molar-refractivity contribution in [3.63, 3.8) is 0 Å². The molecular formula is C16H15N3O2. The molecular weight excluding hydrogens is 266 g/mol. The Morgan fingerprint density at radius 1 is 1.24 bits per heavy atom. The van der Waals surface area contributed by atoms with Crippen LogP contribution in [-0.2, 0) is 0 Å². The van der Waals surface area contributed by atoms with Gasteiger partial charge >= 0.3 is 0 Å². The van der Waals surface area contributed by atoms with E-state index >= 15 is 0 Å². The van der Waals surface area contributed by atoms with Crippen molar-refractivity contribution in [1.29, 1.82) is 0 Å². The van der Waals surface area contributed by atoms with Gasteiger partial charge in [0.05, 0.1) is 11.6 Å². The fourth-order valence-corrected chi connectivity index (χ4v) is 2.16. The summed E-state index contributed by atoms with van der Waals surface area (Å²) in [5, 5.41) is 0. The molecule has 1 heterocycles. The van der Waals surface area contributed by atoms with E-state index in [4.69, 9.17) is 15.9 Å². The number of fused-ring (bicyclic) bond motifs is 1. The summed E-state index contributed by atoms with van der Waals surface area (Å²) >= 11 is 0. The zero-order chi connectivity index (χ0) is 15.0. The number of ketones is 1. The third-order valence-corrected chi connectivity index (χ3v) is 3.27. The van der Waals surface area contributed by atoms with Crippen molar-refractivity contribution >= 4 is 22.6 Å². The van der Waals surface area contributed by atoms with Gasteiger partial charge in [-0.25, -0.2) is 4.98 Å². The Labute approximate surface area is 121 Å². The van der Waals surface area contributed by atoms with Gasteiger partial charge in [0, 0.05) is 11.3 Å². The van der Waals surface area contributed by atoms with E-state index in [2.05, 4.69) is 4.98 Å². The predicted molar refractivity (Wildman–Crippen MR) is 81.8 cm³/mol. The maximum absolute atomic E-state index is 11.9. The summed E-state index contributed by atoms with van der Waals surface area (Å²) < 4.78 is 5.68. The number of nitrogen functional groups attached to an aromatic ring is 1. The summed E-state index contributed by atoms with van der Waals surface area (Å²) in [5.41, 5.74) is 14.7. The highest BCUT2D eigenvalue weighted by atomic mass is 16.3. The summed E-state index contributed by atoms with van der Waals surface area (Å²) in [4.78, 5) is 16.3. The second-order valence-electron chi connectivity index (χ2n) is 4.94. The first-order valence-electron chi connectivity index (χ1n) is 6.61. The normalized spacial score (nSPS) is 12.5. The van der Waals surface area contributed by atoms with E-state index in [1.165, 1.54) is 0 Å². The van der Waals surface area contributed by atoms with Crippen LogP contribution in [0.25, 0.3) is 22.6 Å². The van der Waals surface area contributed by atoms with Gasteiger partial charge in [0.1, 0.15) is 5.52 Å². The molecule has 21 heavy (non-hydrogen) atoms. The number of hydrogen-bond donors (Lipinski definition) is 2. The zero-order valence-corrected chi connectivity index (χ0v) is 11.5. The number of carbonyl (C=O) groups excluding carboxylic acids is 1. The number of hydrogen-bond acceptors (Lipinski definition) is 5. The average Bonchev–Trinajstić information content (AvgIpc) is 2.89. The third-order valence-electron chi connectivity index (χ3n) is 3.27. The van der Waals surface area contributed by atoms with Crippen molar-refractivity contribution in [2.45, 2.75) is 13.0 Å². The molecule has 0 aliphatic heterocycles. The fraction of sp³-hybridized carbons (Fsp3) is 0.125. The van der Waals surface area contributed by atoms with E-state index in [0.29, 0.717) is 28.3 Å². The summed E-state index contributed by atoms with van der Waals surface area (Å²) in [5.74, 6) is 0.291. The molecule has 2 aromatic carbocycles. The van der Waals surface area contributed by atoms with Crippen LogP contribution < -0.4 is 11.5 Å². The SMILES string of the molecule is C[C@H](N)C(=O)c1ccc(-c2nc3ccccc3o2)c(N)c1. The molecule has 0 radical (unpaired) electrons. The van der Waals surface area contributed by atoms with E-state index in [1.54, 1.807) is 25.1 Å². The number of anilines is 1. The summed E-state index contributed by atoms with van der Waals surface area (Å²) in [6, 6.07) is 12.0. The Bertz CT molecular complexity index is 788. The smallest absolute Gasteiger partial charge is 0.229 e. The van der Waals surface area contributed by atoms with Crippen LogP contribution in [0.4, 0.5) is 5.69 Å². The number of oxazole rings is 1. The lowest BCUT2D eigenvalue weighted by atomic mass is 10.0. The van der Waals surface area contributed by atoms with E-state index < -0.39 is 6.04 Å². The van der Waals surface area contributed by atoms with Gasteiger partial charge in [-0.15, -0.1) is 0 Å². The molecule has 0 saturated carbocycles. The number of rotatable bonds is 3. The number of Topliss-reactive ketones (excluding diaryl/α,β-unsaturated/α-hetero) is 1. The molecule has 1 atom stereocenters. The van der Waals surface area contributed by atoms with Gasteiger partial charge in [-0.3, -0.25) is 4.79 Å². The van der Waals surface area contributed by atoms with Crippen molar-refractivity contribution in [2.24, 2.45) is 5.73 Å². The van der Waals surface area contributed by atoms with Gasteiger partial charge < -0.3 is 15.9 Å². The zero-order valence-electron chi connectivity index (χ0n) is 11.5. The molecule has 0 unspecified atom stereocenters. The lowest BCUT2D eigenvalue weighted by Gasteiger charge is -2.07. The van der Waals surface area contributed by atoms with Crippen molar-refractivity contribution < 1.29 is 9.21 Å². The van der Waals surface area contributed by atoms with Crippen LogP contribution in [0.5, 0.6) is 0 Å². The number of nitrogens with zero attached hydrogens (tertiary/aromatic N) is 1. The topological polar surface area (TPSA) is 95.1 Å². The summed E-state index contributed by atoms with van der Waals surface area (Å²) in [6.45, 7) is 1.65. The van der Waals surface area contributed by atoms with Crippen LogP contribution in [0, 0.1) is 0 Å². The van der Waals surface area contributed by atoms with Gasteiger partial charge in [0.2, 0.25) is 5.89 Å². The molecule has 4 N–H and O–H groups in total. The van der Waals surface area contributed by atoms with Crippen molar-refractivity contribution in [3.8, 4) is 11.5 Å². The summed E-state index contributed by atoms with van der Waals surface area (Å²) in [7, 11) is 0. The second kappa shape index (κ2) is 5.03. The van der Waals surface area contributed by atoms with Crippen molar-refractivity contribution in [3.05, 3.63) is 48.0 Å². The van der Waals surface area contributed by atoms with Gasteiger partial charge in [-0.2, -0.15) is 0 Å². The standard InChI is InChI=1S/C16H15N3O2/c1-9(17)15(20)10-6-7-11(12(18)8-10)16-19-13-4-2-3-5-14(13)21-16/h2-9H,17-18H2,1H3/t9-/m0/s1. The molecule has 0 bridgehead atoms. The van der Waals surface area contributed by atoms with E-state index in [0.717, 1.165) is 5.52 Å². The summed E-state index contributed by atoms with van der Waals surface area (Å²) in [6.07, 6.45) is 0. The largest absolute Gasteiger partial charge is 0.436 e. The first-order chi connectivity index (χ1) is 10.1. The minimum atomic E-state index is -0.556. The monoisotopic (exact) mass is 281 g/mol. The number of carbonyl (C=O) groups is 1. The van der Waals surface area contributed by atoms with Crippen LogP contribution in [0.15, 0.2) is 46.9 Å². The molecule has 3 aromatic rings. The van der Waals surface area contributed by atoms with E-state index in [9.17, 15) is 4.79 Å².